The summed E-state index contributed by atoms with van der Waals surface area (Å²) >= 11 is 0. The fraction of sp³-hybridized carbons (Fsp3) is 0.632. The summed E-state index contributed by atoms with van der Waals surface area (Å²) in [7, 11) is 2.10. The molecule has 1 aliphatic heterocycles. The van der Waals surface area contributed by atoms with E-state index < -0.39 is 0 Å². The Bertz CT molecular complexity index is 525. The zero-order valence-corrected chi connectivity index (χ0v) is 15.2. The van der Waals surface area contributed by atoms with Gasteiger partial charge in [-0.2, -0.15) is 0 Å². The van der Waals surface area contributed by atoms with Crippen LogP contribution in [0.4, 0.5) is 4.79 Å². The lowest BCUT2D eigenvalue weighted by Crippen LogP contribution is -2.45. The first-order valence-electron chi connectivity index (χ1n) is 8.96. The second-order valence-electron chi connectivity index (χ2n) is 6.87. The first-order chi connectivity index (χ1) is 11.5. The predicted octanol–water partition coefficient (Wildman–Crippen LogP) is 2.44. The lowest BCUT2D eigenvalue weighted by molar-refractivity contribution is 0.0798. The van der Waals surface area contributed by atoms with Crippen LogP contribution in [0.5, 0.6) is 0 Å². The van der Waals surface area contributed by atoms with Gasteiger partial charge in [0.05, 0.1) is 6.10 Å². The fourth-order valence-electron chi connectivity index (χ4n) is 3.14. The van der Waals surface area contributed by atoms with Crippen LogP contribution in [0, 0.1) is 5.92 Å². The molecule has 5 heteroatoms. The molecule has 1 heterocycles. The number of aliphatic hydroxyl groups excluding tert-OH is 1. The predicted molar refractivity (Wildman–Crippen MR) is 96.7 cm³/mol. The van der Waals surface area contributed by atoms with E-state index in [0.29, 0.717) is 12.5 Å². The molecule has 2 N–H and O–H groups in total. The van der Waals surface area contributed by atoms with Gasteiger partial charge in [-0.1, -0.05) is 31.2 Å². The van der Waals surface area contributed by atoms with Crippen LogP contribution in [0.25, 0.3) is 0 Å². The maximum atomic E-state index is 12.3. The Hall–Kier alpha value is -1.59. The highest BCUT2D eigenvalue weighted by atomic mass is 16.3. The van der Waals surface area contributed by atoms with Gasteiger partial charge in [0.2, 0.25) is 0 Å². The topological polar surface area (TPSA) is 55.8 Å². The summed E-state index contributed by atoms with van der Waals surface area (Å²) in [6, 6.07) is 8.38. The molecule has 1 atom stereocenters. The van der Waals surface area contributed by atoms with Crippen molar-refractivity contribution in [2.45, 2.75) is 45.9 Å². The monoisotopic (exact) mass is 333 g/mol. The SMILES string of the molecule is CCN(C)Cc1cccc(CNC(=O)N2CCC(C(C)O)CC2)c1. The average Bonchev–Trinajstić information content (AvgIpc) is 2.60. The van der Waals surface area contributed by atoms with Crippen LogP contribution >= 0.6 is 0 Å². The van der Waals surface area contributed by atoms with E-state index >= 15 is 0 Å². The standard InChI is InChI=1S/C19H31N3O2/c1-4-21(3)14-17-7-5-6-16(12-17)13-20-19(24)22-10-8-18(9-11-22)15(2)23/h5-7,12,15,18,23H,4,8-11,13-14H2,1-3H3,(H,20,24). The lowest BCUT2D eigenvalue weighted by Gasteiger charge is -2.33. The van der Waals surface area contributed by atoms with Gasteiger partial charge in [0.15, 0.2) is 0 Å². The highest BCUT2D eigenvalue weighted by Crippen LogP contribution is 2.20. The number of likely N-dealkylation sites (tertiary alicyclic amines) is 1. The summed E-state index contributed by atoms with van der Waals surface area (Å²) in [5.41, 5.74) is 2.40. The van der Waals surface area contributed by atoms with Crippen molar-refractivity contribution in [2.24, 2.45) is 5.92 Å². The van der Waals surface area contributed by atoms with E-state index in [9.17, 15) is 9.90 Å². The first kappa shape index (κ1) is 18.7. The Morgan fingerprint density at radius 3 is 2.67 bits per heavy atom. The summed E-state index contributed by atoms with van der Waals surface area (Å²) in [6.07, 6.45) is 1.48. The number of benzene rings is 1. The van der Waals surface area contributed by atoms with Gasteiger partial charge >= 0.3 is 6.03 Å². The number of urea groups is 1. The second-order valence-corrected chi connectivity index (χ2v) is 6.87. The molecule has 0 bridgehead atoms. The summed E-state index contributed by atoms with van der Waals surface area (Å²) in [5, 5.41) is 12.7. The molecule has 0 spiro atoms. The molecular formula is C19H31N3O2. The number of hydrogen-bond acceptors (Lipinski definition) is 3. The van der Waals surface area contributed by atoms with Crippen LogP contribution in [-0.2, 0) is 13.1 Å². The molecular weight excluding hydrogens is 302 g/mol. The van der Waals surface area contributed by atoms with Gasteiger partial charge in [0.1, 0.15) is 0 Å². The number of aliphatic hydroxyl groups is 1. The van der Waals surface area contributed by atoms with E-state index in [1.165, 1.54) is 5.56 Å². The summed E-state index contributed by atoms with van der Waals surface area (Å²) in [5.74, 6) is 0.321. The maximum absolute atomic E-state index is 12.3. The van der Waals surface area contributed by atoms with Gasteiger partial charge in [0, 0.05) is 26.2 Å². The van der Waals surface area contributed by atoms with E-state index in [2.05, 4.69) is 48.5 Å². The largest absolute Gasteiger partial charge is 0.393 e. The molecule has 24 heavy (non-hydrogen) atoms. The van der Waals surface area contributed by atoms with Crippen LogP contribution in [0.2, 0.25) is 0 Å². The van der Waals surface area contributed by atoms with E-state index in [-0.39, 0.29) is 12.1 Å². The number of carbonyl (C=O) groups excluding carboxylic acids is 1. The number of piperidine rings is 1. The molecule has 1 fully saturated rings. The minimum atomic E-state index is -0.279. The van der Waals surface area contributed by atoms with Crippen molar-refractivity contribution < 1.29 is 9.90 Å². The third-order valence-corrected chi connectivity index (χ3v) is 4.94. The van der Waals surface area contributed by atoms with E-state index in [1.807, 2.05) is 11.8 Å². The Kier molecular flexibility index (Phi) is 7.06. The van der Waals surface area contributed by atoms with Crippen molar-refractivity contribution in [3.8, 4) is 0 Å². The number of nitrogens with one attached hydrogen (secondary N) is 1. The van der Waals surface area contributed by atoms with Crippen LogP contribution < -0.4 is 5.32 Å². The first-order valence-corrected chi connectivity index (χ1v) is 8.96. The van der Waals surface area contributed by atoms with E-state index in [4.69, 9.17) is 0 Å². The molecule has 1 saturated heterocycles. The van der Waals surface area contributed by atoms with Crippen LogP contribution in [-0.4, -0.2) is 53.7 Å². The van der Waals surface area contributed by atoms with Crippen molar-refractivity contribution in [1.82, 2.24) is 15.1 Å². The zero-order valence-electron chi connectivity index (χ0n) is 15.2. The molecule has 0 aliphatic carbocycles. The third-order valence-electron chi connectivity index (χ3n) is 4.94. The second kappa shape index (κ2) is 9.04. The normalized spacial score (nSPS) is 17.1. The molecule has 1 aromatic rings. The van der Waals surface area contributed by atoms with Gasteiger partial charge in [0.25, 0.3) is 0 Å². The van der Waals surface area contributed by atoms with Crippen molar-refractivity contribution >= 4 is 6.03 Å². The van der Waals surface area contributed by atoms with Crippen molar-refractivity contribution in [3.63, 3.8) is 0 Å². The summed E-state index contributed by atoms with van der Waals surface area (Å²) < 4.78 is 0. The molecule has 1 aromatic carbocycles. The van der Waals surface area contributed by atoms with Crippen molar-refractivity contribution in [3.05, 3.63) is 35.4 Å². The van der Waals surface area contributed by atoms with Crippen molar-refractivity contribution in [2.75, 3.05) is 26.7 Å². The zero-order chi connectivity index (χ0) is 17.5. The maximum Gasteiger partial charge on any atom is 0.317 e. The van der Waals surface area contributed by atoms with Crippen LogP contribution in [0.1, 0.15) is 37.8 Å². The molecule has 5 nitrogen and oxygen atoms in total. The van der Waals surface area contributed by atoms with Gasteiger partial charge in [-0.3, -0.25) is 0 Å². The quantitative estimate of drug-likeness (QED) is 0.841. The molecule has 0 radical (unpaired) electrons. The minimum Gasteiger partial charge on any atom is -0.393 e. The number of amides is 2. The fourth-order valence-corrected chi connectivity index (χ4v) is 3.14. The molecule has 134 valence electrons. The van der Waals surface area contributed by atoms with Crippen LogP contribution in [0.15, 0.2) is 24.3 Å². The Morgan fingerprint density at radius 1 is 1.38 bits per heavy atom. The van der Waals surface area contributed by atoms with Gasteiger partial charge < -0.3 is 20.2 Å². The third kappa shape index (κ3) is 5.49. The van der Waals surface area contributed by atoms with Gasteiger partial charge in [-0.25, -0.2) is 4.79 Å². The molecule has 1 unspecified atom stereocenters. The summed E-state index contributed by atoms with van der Waals surface area (Å²) in [6.45, 7) is 7.92. The highest BCUT2D eigenvalue weighted by molar-refractivity contribution is 5.74. The molecule has 2 rings (SSSR count). The minimum absolute atomic E-state index is 0.00452. The van der Waals surface area contributed by atoms with Crippen molar-refractivity contribution in [1.29, 1.82) is 0 Å². The van der Waals surface area contributed by atoms with Gasteiger partial charge in [-0.05, 0) is 50.4 Å². The lowest BCUT2D eigenvalue weighted by atomic mass is 9.92. The number of rotatable bonds is 6. The summed E-state index contributed by atoms with van der Waals surface area (Å²) in [4.78, 5) is 16.4. The number of nitrogens with zero attached hydrogens (tertiary/aromatic N) is 2. The Morgan fingerprint density at radius 2 is 2.04 bits per heavy atom. The molecule has 1 aliphatic rings. The van der Waals surface area contributed by atoms with E-state index in [0.717, 1.165) is 44.6 Å². The number of hydrogen-bond donors (Lipinski definition) is 2. The van der Waals surface area contributed by atoms with Gasteiger partial charge in [-0.15, -0.1) is 0 Å². The molecule has 0 aromatic heterocycles. The number of carbonyl (C=O) groups is 1. The molecule has 2 amide bonds. The van der Waals surface area contributed by atoms with E-state index in [1.54, 1.807) is 0 Å². The highest BCUT2D eigenvalue weighted by Gasteiger charge is 2.25. The Balaban J connectivity index is 1.81. The van der Waals surface area contributed by atoms with Crippen LogP contribution in [0.3, 0.4) is 0 Å². The average molecular weight is 333 g/mol. The molecule has 0 saturated carbocycles. The smallest absolute Gasteiger partial charge is 0.317 e. The Labute approximate surface area is 145 Å².